The van der Waals surface area contributed by atoms with Gasteiger partial charge in [-0.3, -0.25) is 0 Å². The molecule has 0 fully saturated rings. The van der Waals surface area contributed by atoms with Crippen LogP contribution in [0.25, 0.3) is 10.8 Å². The third-order valence-corrected chi connectivity index (χ3v) is 2.56. The first-order valence-electron chi connectivity index (χ1n) is 4.82. The van der Waals surface area contributed by atoms with Crippen molar-refractivity contribution in [1.29, 1.82) is 0 Å². The number of benzene rings is 2. The molecule has 15 heavy (non-hydrogen) atoms. The lowest BCUT2D eigenvalue weighted by Gasteiger charge is -2.05. The summed E-state index contributed by atoms with van der Waals surface area (Å²) in [6.07, 6.45) is 0. The molecule has 0 saturated carbocycles. The van der Waals surface area contributed by atoms with Crippen LogP contribution in [0.1, 0.15) is 21.5 Å². The van der Waals surface area contributed by atoms with E-state index in [0.717, 1.165) is 21.9 Å². The Morgan fingerprint density at radius 2 is 1.87 bits per heavy atom. The van der Waals surface area contributed by atoms with Crippen LogP contribution < -0.4 is 0 Å². The molecule has 2 rings (SSSR count). The average Bonchev–Trinajstić information content (AvgIpc) is 2.16. The van der Waals surface area contributed by atoms with Gasteiger partial charge in [-0.05, 0) is 42.3 Å². The zero-order chi connectivity index (χ0) is 11.0. The van der Waals surface area contributed by atoms with E-state index in [4.69, 9.17) is 5.11 Å². The van der Waals surface area contributed by atoms with E-state index < -0.39 is 5.97 Å². The van der Waals surface area contributed by atoms with Gasteiger partial charge in [0, 0.05) is 0 Å². The van der Waals surface area contributed by atoms with E-state index in [2.05, 4.69) is 0 Å². The zero-order valence-corrected chi connectivity index (χ0v) is 8.74. The van der Waals surface area contributed by atoms with Gasteiger partial charge in [0.15, 0.2) is 0 Å². The number of carboxylic acid groups (broad SMARTS) is 1. The monoisotopic (exact) mass is 200 g/mol. The zero-order valence-electron chi connectivity index (χ0n) is 8.74. The number of fused-ring (bicyclic) bond motifs is 1. The van der Waals surface area contributed by atoms with Gasteiger partial charge in [0.2, 0.25) is 0 Å². The average molecular weight is 200 g/mol. The SMILES string of the molecule is Cc1ccc2c(C)cc(C(=O)O)cc2c1. The summed E-state index contributed by atoms with van der Waals surface area (Å²) < 4.78 is 0. The molecule has 1 N–H and O–H groups in total. The van der Waals surface area contributed by atoms with Gasteiger partial charge >= 0.3 is 5.97 Å². The van der Waals surface area contributed by atoms with Crippen LogP contribution in [-0.2, 0) is 0 Å². The van der Waals surface area contributed by atoms with Crippen LogP contribution in [0.4, 0.5) is 0 Å². The highest BCUT2D eigenvalue weighted by Gasteiger charge is 2.06. The standard InChI is InChI=1S/C13H12O2/c1-8-3-4-12-9(2)6-11(13(14)15)7-10(12)5-8/h3-7H,1-2H3,(H,14,15). The van der Waals surface area contributed by atoms with Crippen molar-refractivity contribution in [3.05, 3.63) is 47.0 Å². The molecule has 2 heteroatoms. The van der Waals surface area contributed by atoms with Crippen LogP contribution in [0, 0.1) is 13.8 Å². The quantitative estimate of drug-likeness (QED) is 0.767. The number of carbonyl (C=O) groups is 1. The fourth-order valence-electron chi connectivity index (χ4n) is 1.80. The first-order valence-corrected chi connectivity index (χ1v) is 4.82. The predicted octanol–water partition coefficient (Wildman–Crippen LogP) is 3.15. The van der Waals surface area contributed by atoms with E-state index in [1.165, 1.54) is 0 Å². The molecule has 0 amide bonds. The van der Waals surface area contributed by atoms with Gasteiger partial charge in [0.05, 0.1) is 5.56 Å². The second-order valence-electron chi connectivity index (χ2n) is 3.82. The van der Waals surface area contributed by atoms with Crippen molar-refractivity contribution < 1.29 is 9.90 Å². The van der Waals surface area contributed by atoms with Crippen molar-refractivity contribution in [1.82, 2.24) is 0 Å². The molecule has 0 aliphatic heterocycles. The smallest absolute Gasteiger partial charge is 0.335 e. The van der Waals surface area contributed by atoms with Crippen LogP contribution in [0.15, 0.2) is 30.3 Å². The Balaban J connectivity index is 2.79. The Morgan fingerprint density at radius 3 is 2.53 bits per heavy atom. The highest BCUT2D eigenvalue weighted by atomic mass is 16.4. The van der Waals surface area contributed by atoms with Crippen molar-refractivity contribution in [2.75, 3.05) is 0 Å². The minimum absolute atomic E-state index is 0.352. The largest absolute Gasteiger partial charge is 0.478 e. The Kier molecular flexibility index (Phi) is 2.19. The lowest BCUT2D eigenvalue weighted by molar-refractivity contribution is 0.0697. The van der Waals surface area contributed by atoms with Gasteiger partial charge in [-0.2, -0.15) is 0 Å². The Labute approximate surface area is 88.2 Å². The van der Waals surface area contributed by atoms with Crippen LogP contribution >= 0.6 is 0 Å². The fourth-order valence-corrected chi connectivity index (χ4v) is 1.80. The molecule has 0 radical (unpaired) electrons. The van der Waals surface area contributed by atoms with Crippen molar-refractivity contribution >= 4 is 16.7 Å². The first-order chi connectivity index (χ1) is 7.08. The fraction of sp³-hybridized carbons (Fsp3) is 0.154. The summed E-state index contributed by atoms with van der Waals surface area (Å²) >= 11 is 0. The summed E-state index contributed by atoms with van der Waals surface area (Å²) in [5.41, 5.74) is 2.50. The molecule has 2 aromatic rings. The number of hydrogen-bond donors (Lipinski definition) is 1. The van der Waals surface area contributed by atoms with E-state index in [1.807, 2.05) is 32.0 Å². The minimum Gasteiger partial charge on any atom is -0.478 e. The molecule has 2 nitrogen and oxygen atoms in total. The molecule has 0 spiro atoms. The maximum Gasteiger partial charge on any atom is 0.335 e. The number of carboxylic acids is 1. The molecular formula is C13H12O2. The molecule has 0 unspecified atom stereocenters. The lowest BCUT2D eigenvalue weighted by atomic mass is 10.0. The van der Waals surface area contributed by atoms with Gasteiger partial charge in [-0.1, -0.05) is 23.8 Å². The van der Waals surface area contributed by atoms with Crippen LogP contribution in [0.5, 0.6) is 0 Å². The predicted molar refractivity (Wildman–Crippen MR) is 60.4 cm³/mol. The summed E-state index contributed by atoms with van der Waals surface area (Å²) in [4.78, 5) is 10.9. The number of rotatable bonds is 1. The van der Waals surface area contributed by atoms with E-state index in [0.29, 0.717) is 5.56 Å². The minimum atomic E-state index is -0.874. The molecule has 0 atom stereocenters. The number of aryl methyl sites for hydroxylation is 2. The van der Waals surface area contributed by atoms with Crippen LogP contribution in [-0.4, -0.2) is 11.1 Å². The van der Waals surface area contributed by atoms with Crippen LogP contribution in [0.2, 0.25) is 0 Å². The molecule has 0 saturated heterocycles. The molecule has 0 aliphatic carbocycles. The topological polar surface area (TPSA) is 37.3 Å². The van der Waals surface area contributed by atoms with Crippen molar-refractivity contribution in [3.63, 3.8) is 0 Å². The van der Waals surface area contributed by atoms with Gasteiger partial charge in [0.1, 0.15) is 0 Å². The highest BCUT2D eigenvalue weighted by Crippen LogP contribution is 2.21. The number of aromatic carboxylic acids is 1. The summed E-state index contributed by atoms with van der Waals surface area (Å²) in [6, 6.07) is 9.51. The third kappa shape index (κ3) is 1.71. The second kappa shape index (κ2) is 3.39. The molecule has 2 aromatic carbocycles. The third-order valence-electron chi connectivity index (χ3n) is 2.56. The first kappa shape index (κ1) is 9.71. The molecule has 0 heterocycles. The van der Waals surface area contributed by atoms with E-state index in [9.17, 15) is 4.79 Å². The molecular weight excluding hydrogens is 188 g/mol. The maximum atomic E-state index is 10.9. The molecule has 0 aromatic heterocycles. The Morgan fingerprint density at radius 1 is 1.13 bits per heavy atom. The van der Waals surface area contributed by atoms with E-state index in [-0.39, 0.29) is 0 Å². The van der Waals surface area contributed by atoms with Gasteiger partial charge in [0.25, 0.3) is 0 Å². The normalized spacial score (nSPS) is 10.5. The molecule has 0 aliphatic rings. The van der Waals surface area contributed by atoms with E-state index >= 15 is 0 Å². The Hall–Kier alpha value is -1.83. The summed E-state index contributed by atoms with van der Waals surface area (Å²) in [5.74, 6) is -0.874. The number of hydrogen-bond acceptors (Lipinski definition) is 1. The highest BCUT2D eigenvalue weighted by molar-refractivity contribution is 5.96. The summed E-state index contributed by atoms with van der Waals surface area (Å²) in [7, 11) is 0. The van der Waals surface area contributed by atoms with Gasteiger partial charge in [-0.15, -0.1) is 0 Å². The Bertz CT molecular complexity index is 541. The van der Waals surface area contributed by atoms with Crippen LogP contribution in [0.3, 0.4) is 0 Å². The molecule has 76 valence electrons. The van der Waals surface area contributed by atoms with Crippen molar-refractivity contribution in [3.8, 4) is 0 Å². The second-order valence-corrected chi connectivity index (χ2v) is 3.82. The van der Waals surface area contributed by atoms with E-state index in [1.54, 1.807) is 12.1 Å². The summed E-state index contributed by atoms with van der Waals surface area (Å²) in [6.45, 7) is 3.94. The van der Waals surface area contributed by atoms with Crippen molar-refractivity contribution in [2.24, 2.45) is 0 Å². The lowest BCUT2D eigenvalue weighted by Crippen LogP contribution is -1.97. The van der Waals surface area contributed by atoms with Gasteiger partial charge in [-0.25, -0.2) is 4.79 Å². The summed E-state index contributed by atoms with van der Waals surface area (Å²) in [5, 5.41) is 11.0. The van der Waals surface area contributed by atoms with Crippen molar-refractivity contribution in [2.45, 2.75) is 13.8 Å². The van der Waals surface area contributed by atoms with Gasteiger partial charge < -0.3 is 5.11 Å². The maximum absolute atomic E-state index is 10.9. The molecule has 0 bridgehead atoms.